The minimum absolute atomic E-state index is 0.249. The Labute approximate surface area is 131 Å². The van der Waals surface area contributed by atoms with E-state index in [0.717, 1.165) is 42.5 Å². The molecule has 0 aromatic carbocycles. The van der Waals surface area contributed by atoms with E-state index < -0.39 is 0 Å². The van der Waals surface area contributed by atoms with E-state index in [1.54, 1.807) is 6.20 Å². The fourth-order valence-corrected chi connectivity index (χ4v) is 4.29. The second kappa shape index (κ2) is 7.69. The normalized spacial score (nSPS) is 22.1. The minimum atomic E-state index is 0.249. The molecule has 20 heavy (non-hydrogen) atoms. The van der Waals surface area contributed by atoms with Gasteiger partial charge in [-0.05, 0) is 20.0 Å². The Bertz CT molecular complexity index is 423. The van der Waals surface area contributed by atoms with Crippen molar-refractivity contribution < 1.29 is 0 Å². The number of halogens is 1. The molecule has 1 aliphatic heterocycles. The molecule has 1 aromatic rings. The summed E-state index contributed by atoms with van der Waals surface area (Å²) in [5.74, 6) is 2.36. The van der Waals surface area contributed by atoms with E-state index in [1.165, 1.54) is 5.75 Å². The number of likely N-dealkylation sites (N-methyl/N-ethyl adjacent to an activating group) is 2. The topological polar surface area (TPSA) is 33.1 Å². The number of nitrogens with zero attached hydrogens (tertiary/aromatic N) is 3. The fraction of sp³-hybridized carbons (Fsp3) is 0.786. The van der Waals surface area contributed by atoms with Crippen LogP contribution in [0, 0.1) is 0 Å². The van der Waals surface area contributed by atoms with E-state index >= 15 is 0 Å². The van der Waals surface area contributed by atoms with E-state index in [0.29, 0.717) is 6.04 Å². The van der Waals surface area contributed by atoms with Crippen LogP contribution >= 0.6 is 23.4 Å². The quantitative estimate of drug-likeness (QED) is 0.874. The molecule has 2 rings (SSSR count). The molecule has 0 radical (unpaired) electrons. The van der Waals surface area contributed by atoms with Crippen LogP contribution in [0.25, 0.3) is 0 Å². The lowest BCUT2D eigenvalue weighted by atomic mass is 10.0. The number of aryl methyl sites for hydroxylation is 1. The van der Waals surface area contributed by atoms with Crippen molar-refractivity contribution in [3.63, 3.8) is 0 Å². The molecular formula is C14H25ClN4S. The SMILES string of the molecule is CCCn1ncc(Cl)c1C(NCC)C1CSCCN1C. The van der Waals surface area contributed by atoms with Gasteiger partial charge >= 0.3 is 0 Å². The van der Waals surface area contributed by atoms with Crippen LogP contribution in [0.15, 0.2) is 6.20 Å². The molecule has 1 saturated heterocycles. The van der Waals surface area contributed by atoms with Gasteiger partial charge in [-0.25, -0.2) is 0 Å². The molecular weight excluding hydrogens is 292 g/mol. The third-order valence-corrected chi connectivity index (χ3v) is 5.15. The molecule has 1 aliphatic rings. The van der Waals surface area contributed by atoms with Crippen molar-refractivity contribution in [1.82, 2.24) is 20.0 Å². The first kappa shape index (κ1) is 16.1. The molecule has 1 N–H and O–H groups in total. The van der Waals surface area contributed by atoms with Crippen LogP contribution in [0.3, 0.4) is 0 Å². The van der Waals surface area contributed by atoms with Crippen LogP contribution in [-0.4, -0.2) is 52.4 Å². The van der Waals surface area contributed by atoms with Gasteiger partial charge in [0.15, 0.2) is 0 Å². The predicted octanol–water partition coefficient (Wildman–Crippen LogP) is 2.64. The van der Waals surface area contributed by atoms with Gasteiger partial charge in [-0.3, -0.25) is 9.58 Å². The summed E-state index contributed by atoms with van der Waals surface area (Å²) in [7, 11) is 2.21. The van der Waals surface area contributed by atoms with Gasteiger partial charge in [-0.15, -0.1) is 0 Å². The Morgan fingerprint density at radius 2 is 2.35 bits per heavy atom. The van der Waals surface area contributed by atoms with Crippen LogP contribution in [0.1, 0.15) is 32.0 Å². The monoisotopic (exact) mass is 316 g/mol. The van der Waals surface area contributed by atoms with E-state index in [1.807, 2.05) is 11.8 Å². The van der Waals surface area contributed by atoms with Crippen molar-refractivity contribution in [2.45, 2.75) is 38.9 Å². The van der Waals surface area contributed by atoms with Gasteiger partial charge in [-0.1, -0.05) is 25.4 Å². The minimum Gasteiger partial charge on any atom is -0.308 e. The Hall–Kier alpha value is -0.230. The number of rotatable bonds is 6. The van der Waals surface area contributed by atoms with Gasteiger partial charge < -0.3 is 5.32 Å². The Morgan fingerprint density at radius 1 is 1.55 bits per heavy atom. The summed E-state index contributed by atoms with van der Waals surface area (Å²) in [5, 5.41) is 8.86. The van der Waals surface area contributed by atoms with Crippen LogP contribution < -0.4 is 5.32 Å². The predicted molar refractivity (Wildman–Crippen MR) is 87.7 cm³/mol. The highest BCUT2D eigenvalue weighted by atomic mass is 35.5. The average molecular weight is 317 g/mol. The Kier molecular flexibility index (Phi) is 6.20. The fourth-order valence-electron chi connectivity index (χ4n) is 2.76. The standard InChI is InChI=1S/C14H25ClN4S/c1-4-6-19-14(11(15)9-17-19)13(16-5-2)12-10-20-8-7-18(12)3/h9,12-13,16H,4-8,10H2,1-3H3. The summed E-state index contributed by atoms with van der Waals surface area (Å²) in [5.41, 5.74) is 1.15. The smallest absolute Gasteiger partial charge is 0.0834 e. The zero-order chi connectivity index (χ0) is 14.5. The molecule has 1 aromatic heterocycles. The number of nitrogens with one attached hydrogen (secondary N) is 1. The third kappa shape index (κ3) is 3.50. The van der Waals surface area contributed by atoms with Crippen LogP contribution in [0.5, 0.6) is 0 Å². The molecule has 0 spiro atoms. The maximum absolute atomic E-state index is 6.43. The lowest BCUT2D eigenvalue weighted by Gasteiger charge is -2.38. The Balaban J connectivity index is 2.29. The van der Waals surface area contributed by atoms with Gasteiger partial charge in [-0.2, -0.15) is 16.9 Å². The molecule has 2 heterocycles. The molecule has 0 aliphatic carbocycles. The highest BCUT2D eigenvalue weighted by Crippen LogP contribution is 2.31. The van der Waals surface area contributed by atoms with Gasteiger partial charge in [0.05, 0.1) is 23.0 Å². The van der Waals surface area contributed by atoms with Gasteiger partial charge in [0.1, 0.15) is 0 Å². The molecule has 0 saturated carbocycles. The van der Waals surface area contributed by atoms with Gasteiger partial charge in [0, 0.05) is 30.6 Å². The highest BCUT2D eigenvalue weighted by Gasteiger charge is 2.32. The molecule has 0 amide bonds. The van der Waals surface area contributed by atoms with E-state index in [2.05, 4.69) is 40.9 Å². The molecule has 114 valence electrons. The molecule has 1 fully saturated rings. The molecule has 2 atom stereocenters. The molecule has 6 heteroatoms. The number of hydrogen-bond donors (Lipinski definition) is 1. The van der Waals surface area contributed by atoms with Gasteiger partial charge in [0.2, 0.25) is 0 Å². The summed E-state index contributed by atoms with van der Waals surface area (Å²) in [6.45, 7) is 7.32. The zero-order valence-corrected chi connectivity index (χ0v) is 14.2. The lowest BCUT2D eigenvalue weighted by Crippen LogP contribution is -2.48. The number of thioether (sulfide) groups is 1. The van der Waals surface area contributed by atoms with E-state index in [4.69, 9.17) is 11.6 Å². The largest absolute Gasteiger partial charge is 0.308 e. The molecule has 0 bridgehead atoms. The summed E-state index contributed by atoms with van der Waals surface area (Å²) < 4.78 is 2.07. The van der Waals surface area contributed by atoms with Crippen molar-refractivity contribution in [3.05, 3.63) is 16.9 Å². The first-order chi connectivity index (χ1) is 9.69. The third-order valence-electron chi connectivity index (χ3n) is 3.82. The van der Waals surface area contributed by atoms with Crippen molar-refractivity contribution in [2.75, 3.05) is 31.6 Å². The maximum Gasteiger partial charge on any atom is 0.0834 e. The maximum atomic E-state index is 6.43. The van der Waals surface area contributed by atoms with Crippen molar-refractivity contribution in [3.8, 4) is 0 Å². The second-order valence-electron chi connectivity index (χ2n) is 5.26. The highest BCUT2D eigenvalue weighted by molar-refractivity contribution is 7.99. The van der Waals surface area contributed by atoms with Crippen molar-refractivity contribution >= 4 is 23.4 Å². The zero-order valence-electron chi connectivity index (χ0n) is 12.6. The second-order valence-corrected chi connectivity index (χ2v) is 6.82. The average Bonchev–Trinajstić information content (AvgIpc) is 2.79. The van der Waals surface area contributed by atoms with Crippen molar-refractivity contribution in [1.29, 1.82) is 0 Å². The first-order valence-corrected chi connectivity index (χ1v) is 8.94. The summed E-state index contributed by atoms with van der Waals surface area (Å²) in [4.78, 5) is 2.45. The summed E-state index contributed by atoms with van der Waals surface area (Å²) in [6, 6.07) is 0.720. The molecule has 4 nitrogen and oxygen atoms in total. The van der Waals surface area contributed by atoms with Crippen LogP contribution in [-0.2, 0) is 6.54 Å². The van der Waals surface area contributed by atoms with Crippen molar-refractivity contribution in [2.24, 2.45) is 0 Å². The van der Waals surface area contributed by atoms with E-state index in [9.17, 15) is 0 Å². The van der Waals surface area contributed by atoms with Gasteiger partial charge in [0.25, 0.3) is 0 Å². The number of hydrogen-bond acceptors (Lipinski definition) is 4. The number of aromatic nitrogens is 2. The van der Waals surface area contributed by atoms with Crippen LogP contribution in [0.2, 0.25) is 5.02 Å². The van der Waals surface area contributed by atoms with E-state index in [-0.39, 0.29) is 6.04 Å². The Morgan fingerprint density at radius 3 is 3.00 bits per heavy atom. The molecule has 2 unspecified atom stereocenters. The first-order valence-electron chi connectivity index (χ1n) is 7.41. The van der Waals surface area contributed by atoms with Crippen LogP contribution in [0.4, 0.5) is 0 Å². The summed E-state index contributed by atoms with van der Waals surface area (Å²) >= 11 is 8.46. The lowest BCUT2D eigenvalue weighted by molar-refractivity contribution is 0.211. The summed E-state index contributed by atoms with van der Waals surface area (Å²) in [6.07, 6.45) is 2.85.